The van der Waals surface area contributed by atoms with Crippen LogP contribution in [0.3, 0.4) is 0 Å². The van der Waals surface area contributed by atoms with E-state index in [1.54, 1.807) is 12.1 Å². The summed E-state index contributed by atoms with van der Waals surface area (Å²) in [7, 11) is 0. The van der Waals surface area contributed by atoms with E-state index in [9.17, 15) is 4.39 Å². The van der Waals surface area contributed by atoms with E-state index in [1.807, 2.05) is 17.8 Å². The highest BCUT2D eigenvalue weighted by molar-refractivity contribution is 7.99. The van der Waals surface area contributed by atoms with Gasteiger partial charge in [0, 0.05) is 16.7 Å². The van der Waals surface area contributed by atoms with Gasteiger partial charge in [-0.15, -0.1) is 11.8 Å². The first-order valence-corrected chi connectivity index (χ1v) is 8.36. The number of halogens is 1. The molecule has 0 amide bonds. The minimum Gasteiger partial charge on any atom is -0.309 e. The van der Waals surface area contributed by atoms with Crippen LogP contribution in [0.4, 0.5) is 4.39 Å². The molecular weight excluding hydrogens is 281 g/mol. The third-order valence-electron chi connectivity index (χ3n) is 3.39. The molecule has 112 valence electrons. The second kappa shape index (κ2) is 8.20. The molecule has 0 saturated carbocycles. The Morgan fingerprint density at radius 3 is 2.67 bits per heavy atom. The lowest BCUT2D eigenvalue weighted by Crippen LogP contribution is -2.24. The maximum absolute atomic E-state index is 13.4. The standard InChI is InChI=1S/C18H22FNS/c1-3-11-20-17(15-8-6-9-16(19)12-15)13-21-18-10-5-4-7-14(18)2/h4-10,12,17,20H,3,11,13H2,1-2H3. The maximum Gasteiger partial charge on any atom is 0.123 e. The summed E-state index contributed by atoms with van der Waals surface area (Å²) in [6, 6.07) is 15.5. The fourth-order valence-electron chi connectivity index (χ4n) is 2.21. The number of hydrogen-bond acceptors (Lipinski definition) is 2. The zero-order valence-corrected chi connectivity index (χ0v) is 13.4. The van der Waals surface area contributed by atoms with Crippen LogP contribution in [-0.2, 0) is 0 Å². The second-order valence-corrected chi connectivity index (χ2v) is 6.20. The summed E-state index contributed by atoms with van der Waals surface area (Å²) in [4.78, 5) is 1.29. The zero-order chi connectivity index (χ0) is 15.1. The SMILES string of the molecule is CCCNC(CSc1ccccc1C)c1cccc(F)c1. The first-order valence-electron chi connectivity index (χ1n) is 7.38. The van der Waals surface area contributed by atoms with E-state index in [1.165, 1.54) is 16.5 Å². The fourth-order valence-corrected chi connectivity index (χ4v) is 3.33. The summed E-state index contributed by atoms with van der Waals surface area (Å²) in [5.41, 5.74) is 2.31. The fraction of sp³-hybridized carbons (Fsp3) is 0.333. The lowest BCUT2D eigenvalue weighted by Gasteiger charge is -2.19. The Kier molecular flexibility index (Phi) is 6.27. The summed E-state index contributed by atoms with van der Waals surface area (Å²) >= 11 is 1.82. The van der Waals surface area contributed by atoms with Crippen molar-refractivity contribution in [2.45, 2.75) is 31.2 Å². The first-order chi connectivity index (χ1) is 10.2. The predicted octanol–water partition coefficient (Wildman–Crippen LogP) is 4.97. The van der Waals surface area contributed by atoms with Gasteiger partial charge in [0.25, 0.3) is 0 Å². The Morgan fingerprint density at radius 2 is 1.95 bits per heavy atom. The number of hydrogen-bond donors (Lipinski definition) is 1. The average molecular weight is 303 g/mol. The van der Waals surface area contributed by atoms with Crippen LogP contribution < -0.4 is 5.32 Å². The van der Waals surface area contributed by atoms with Crippen molar-refractivity contribution >= 4 is 11.8 Å². The topological polar surface area (TPSA) is 12.0 Å². The Hall–Kier alpha value is -1.32. The highest BCUT2D eigenvalue weighted by Crippen LogP contribution is 2.27. The number of thioether (sulfide) groups is 1. The molecule has 0 aliphatic heterocycles. The number of rotatable bonds is 7. The van der Waals surface area contributed by atoms with Crippen LogP contribution in [-0.4, -0.2) is 12.3 Å². The van der Waals surface area contributed by atoms with Crippen molar-refractivity contribution in [1.29, 1.82) is 0 Å². The molecule has 0 spiro atoms. The molecule has 0 heterocycles. The molecule has 2 rings (SSSR count). The lowest BCUT2D eigenvalue weighted by atomic mass is 10.1. The Bertz CT molecular complexity index is 571. The average Bonchev–Trinajstić information content (AvgIpc) is 2.49. The quantitative estimate of drug-likeness (QED) is 0.725. The number of aryl methyl sites for hydroxylation is 1. The van der Waals surface area contributed by atoms with E-state index in [0.717, 1.165) is 24.3 Å². The van der Waals surface area contributed by atoms with Gasteiger partial charge in [0.05, 0.1) is 0 Å². The Labute approximate surface area is 131 Å². The summed E-state index contributed by atoms with van der Waals surface area (Å²) in [5, 5.41) is 3.52. The van der Waals surface area contributed by atoms with Crippen LogP contribution in [0.5, 0.6) is 0 Å². The molecule has 0 aromatic heterocycles. The van der Waals surface area contributed by atoms with Gasteiger partial charge in [-0.1, -0.05) is 37.3 Å². The minimum atomic E-state index is -0.170. The maximum atomic E-state index is 13.4. The molecule has 0 aliphatic rings. The molecular formula is C18H22FNS. The van der Waals surface area contributed by atoms with Crippen LogP contribution in [0.1, 0.15) is 30.5 Å². The van der Waals surface area contributed by atoms with Crippen molar-refractivity contribution in [2.24, 2.45) is 0 Å². The predicted molar refractivity (Wildman–Crippen MR) is 89.3 cm³/mol. The van der Waals surface area contributed by atoms with Crippen molar-refractivity contribution in [3.63, 3.8) is 0 Å². The third-order valence-corrected chi connectivity index (χ3v) is 4.66. The van der Waals surface area contributed by atoms with Gasteiger partial charge in [-0.3, -0.25) is 0 Å². The van der Waals surface area contributed by atoms with Crippen molar-refractivity contribution in [3.05, 3.63) is 65.5 Å². The van der Waals surface area contributed by atoms with E-state index in [4.69, 9.17) is 0 Å². The van der Waals surface area contributed by atoms with Gasteiger partial charge in [0.2, 0.25) is 0 Å². The Balaban J connectivity index is 2.08. The number of nitrogens with one attached hydrogen (secondary N) is 1. The molecule has 0 radical (unpaired) electrons. The monoisotopic (exact) mass is 303 g/mol. The molecule has 3 heteroatoms. The summed E-state index contributed by atoms with van der Waals surface area (Å²) in [6.07, 6.45) is 1.07. The van der Waals surface area contributed by atoms with E-state index >= 15 is 0 Å². The molecule has 1 nitrogen and oxygen atoms in total. The van der Waals surface area contributed by atoms with Gasteiger partial charge in [0.1, 0.15) is 5.82 Å². The minimum absolute atomic E-state index is 0.170. The normalized spacial score (nSPS) is 12.3. The van der Waals surface area contributed by atoms with Crippen LogP contribution in [0.2, 0.25) is 0 Å². The van der Waals surface area contributed by atoms with Crippen molar-refractivity contribution in [1.82, 2.24) is 5.32 Å². The van der Waals surface area contributed by atoms with Crippen LogP contribution in [0.15, 0.2) is 53.4 Å². The molecule has 1 unspecified atom stereocenters. The Morgan fingerprint density at radius 1 is 1.14 bits per heavy atom. The molecule has 0 bridgehead atoms. The molecule has 1 N–H and O–H groups in total. The van der Waals surface area contributed by atoms with E-state index in [0.29, 0.717) is 0 Å². The van der Waals surface area contributed by atoms with E-state index in [2.05, 4.69) is 43.4 Å². The molecule has 2 aromatic rings. The van der Waals surface area contributed by atoms with Crippen LogP contribution in [0.25, 0.3) is 0 Å². The van der Waals surface area contributed by atoms with Gasteiger partial charge in [0.15, 0.2) is 0 Å². The number of benzene rings is 2. The van der Waals surface area contributed by atoms with Gasteiger partial charge in [-0.25, -0.2) is 4.39 Å². The van der Waals surface area contributed by atoms with Crippen molar-refractivity contribution < 1.29 is 4.39 Å². The van der Waals surface area contributed by atoms with Crippen molar-refractivity contribution in [2.75, 3.05) is 12.3 Å². The molecule has 1 atom stereocenters. The van der Waals surface area contributed by atoms with Gasteiger partial charge >= 0.3 is 0 Å². The second-order valence-electron chi connectivity index (χ2n) is 5.14. The van der Waals surface area contributed by atoms with Gasteiger partial charge < -0.3 is 5.32 Å². The largest absolute Gasteiger partial charge is 0.309 e. The first kappa shape index (κ1) is 16.1. The summed E-state index contributed by atoms with van der Waals surface area (Å²) in [5.74, 6) is 0.727. The smallest absolute Gasteiger partial charge is 0.123 e. The van der Waals surface area contributed by atoms with Crippen LogP contribution >= 0.6 is 11.8 Å². The van der Waals surface area contributed by atoms with E-state index < -0.39 is 0 Å². The summed E-state index contributed by atoms with van der Waals surface area (Å²) < 4.78 is 13.4. The molecule has 0 fully saturated rings. The summed E-state index contributed by atoms with van der Waals surface area (Å²) in [6.45, 7) is 5.21. The highest BCUT2D eigenvalue weighted by Gasteiger charge is 2.12. The van der Waals surface area contributed by atoms with Gasteiger partial charge in [-0.2, -0.15) is 0 Å². The highest BCUT2D eigenvalue weighted by atomic mass is 32.2. The molecule has 2 aromatic carbocycles. The van der Waals surface area contributed by atoms with Crippen LogP contribution in [0, 0.1) is 12.7 Å². The van der Waals surface area contributed by atoms with E-state index in [-0.39, 0.29) is 11.9 Å². The lowest BCUT2D eigenvalue weighted by molar-refractivity contribution is 0.568. The zero-order valence-electron chi connectivity index (χ0n) is 12.6. The van der Waals surface area contributed by atoms with Gasteiger partial charge in [-0.05, 0) is 49.2 Å². The third kappa shape index (κ3) is 4.87. The molecule has 0 aliphatic carbocycles. The molecule has 0 saturated heterocycles. The van der Waals surface area contributed by atoms with Crippen molar-refractivity contribution in [3.8, 4) is 0 Å². The molecule has 21 heavy (non-hydrogen) atoms.